The number of ether oxygens (including phenoxy) is 1. The summed E-state index contributed by atoms with van der Waals surface area (Å²) in [6.07, 6.45) is 0. The molecule has 0 bridgehead atoms. The van der Waals surface area contributed by atoms with Crippen LogP contribution in [-0.4, -0.2) is 29.9 Å². The summed E-state index contributed by atoms with van der Waals surface area (Å²) in [6, 6.07) is 14.0. The molecule has 1 aliphatic heterocycles. The third-order valence-electron chi connectivity index (χ3n) is 3.32. The Morgan fingerprint density at radius 1 is 0.952 bits per heavy atom. The Balaban J connectivity index is 1.68. The summed E-state index contributed by atoms with van der Waals surface area (Å²) in [4.78, 5) is 25.6. The molecule has 1 aliphatic rings. The van der Waals surface area contributed by atoms with Gasteiger partial charge >= 0.3 is 0 Å². The highest BCUT2D eigenvalue weighted by Gasteiger charge is 2.35. The van der Waals surface area contributed by atoms with Crippen molar-refractivity contribution in [1.82, 2.24) is 4.90 Å². The molecule has 5 heteroatoms. The Kier molecular flexibility index (Phi) is 3.31. The zero-order valence-corrected chi connectivity index (χ0v) is 11.3. The molecule has 2 aromatic rings. The standard InChI is InChI=1S/C16H14N2O3/c17-11-6-7-13-14(10-11)16(20)18(15(13)19)8-9-21-12-4-2-1-3-5-12/h1-7,10H,8-9,17H2. The van der Waals surface area contributed by atoms with Crippen molar-refractivity contribution in [2.24, 2.45) is 0 Å². The van der Waals surface area contributed by atoms with E-state index in [0.717, 1.165) is 0 Å². The molecule has 2 N–H and O–H groups in total. The topological polar surface area (TPSA) is 72.6 Å². The van der Waals surface area contributed by atoms with E-state index in [1.165, 1.54) is 11.0 Å². The average molecular weight is 282 g/mol. The number of nitrogens with zero attached hydrogens (tertiary/aromatic N) is 1. The molecule has 0 saturated heterocycles. The summed E-state index contributed by atoms with van der Waals surface area (Å²) in [5.41, 5.74) is 6.88. The van der Waals surface area contributed by atoms with Gasteiger partial charge < -0.3 is 10.5 Å². The van der Waals surface area contributed by atoms with Gasteiger partial charge in [0.1, 0.15) is 12.4 Å². The highest BCUT2D eigenvalue weighted by atomic mass is 16.5. The molecule has 5 nitrogen and oxygen atoms in total. The van der Waals surface area contributed by atoms with Crippen LogP contribution in [0.5, 0.6) is 5.75 Å². The monoisotopic (exact) mass is 282 g/mol. The van der Waals surface area contributed by atoms with Crippen LogP contribution in [-0.2, 0) is 0 Å². The van der Waals surface area contributed by atoms with E-state index in [-0.39, 0.29) is 25.0 Å². The van der Waals surface area contributed by atoms with Crippen LogP contribution >= 0.6 is 0 Å². The third-order valence-corrected chi connectivity index (χ3v) is 3.32. The summed E-state index contributed by atoms with van der Waals surface area (Å²) in [7, 11) is 0. The van der Waals surface area contributed by atoms with E-state index in [2.05, 4.69) is 0 Å². The normalized spacial score (nSPS) is 13.4. The zero-order chi connectivity index (χ0) is 14.8. The van der Waals surface area contributed by atoms with Gasteiger partial charge in [0.05, 0.1) is 17.7 Å². The van der Waals surface area contributed by atoms with Crippen LogP contribution in [0.15, 0.2) is 48.5 Å². The smallest absolute Gasteiger partial charge is 0.261 e. The first-order valence-corrected chi connectivity index (χ1v) is 6.60. The van der Waals surface area contributed by atoms with Gasteiger partial charge in [-0.15, -0.1) is 0 Å². The average Bonchev–Trinajstić information content (AvgIpc) is 2.73. The van der Waals surface area contributed by atoms with E-state index in [9.17, 15) is 9.59 Å². The minimum Gasteiger partial charge on any atom is -0.492 e. The maximum atomic E-state index is 12.2. The zero-order valence-electron chi connectivity index (χ0n) is 11.3. The molecule has 0 aromatic heterocycles. The van der Waals surface area contributed by atoms with Crippen molar-refractivity contribution in [3.8, 4) is 5.75 Å². The molecule has 3 rings (SSSR count). The first kappa shape index (κ1) is 13.2. The number of imide groups is 1. The van der Waals surface area contributed by atoms with Crippen LogP contribution in [0.3, 0.4) is 0 Å². The lowest BCUT2D eigenvalue weighted by molar-refractivity contribution is 0.0631. The van der Waals surface area contributed by atoms with Crippen LogP contribution in [0.1, 0.15) is 20.7 Å². The summed E-state index contributed by atoms with van der Waals surface area (Å²) in [6.45, 7) is 0.464. The number of para-hydroxylation sites is 1. The van der Waals surface area contributed by atoms with Crippen molar-refractivity contribution >= 4 is 17.5 Å². The molecule has 0 unspecified atom stereocenters. The lowest BCUT2D eigenvalue weighted by Gasteiger charge is -2.14. The van der Waals surface area contributed by atoms with Crippen LogP contribution in [0, 0.1) is 0 Å². The predicted molar refractivity (Wildman–Crippen MR) is 78.2 cm³/mol. The molecular formula is C16H14N2O3. The van der Waals surface area contributed by atoms with Gasteiger partial charge in [0.25, 0.3) is 11.8 Å². The minimum absolute atomic E-state index is 0.209. The van der Waals surface area contributed by atoms with Gasteiger partial charge in [-0.1, -0.05) is 18.2 Å². The van der Waals surface area contributed by atoms with Gasteiger partial charge in [-0.05, 0) is 30.3 Å². The summed E-state index contributed by atoms with van der Waals surface area (Å²) >= 11 is 0. The maximum absolute atomic E-state index is 12.2. The van der Waals surface area contributed by atoms with Crippen LogP contribution in [0.25, 0.3) is 0 Å². The van der Waals surface area contributed by atoms with E-state index < -0.39 is 0 Å². The van der Waals surface area contributed by atoms with Gasteiger partial charge in [-0.3, -0.25) is 14.5 Å². The fraction of sp³-hybridized carbons (Fsp3) is 0.125. The molecule has 0 aliphatic carbocycles. The number of carbonyl (C=O) groups excluding carboxylic acids is 2. The molecule has 106 valence electrons. The lowest BCUT2D eigenvalue weighted by atomic mass is 10.1. The molecule has 1 heterocycles. The number of nitrogens with two attached hydrogens (primary N) is 1. The molecule has 0 saturated carbocycles. The number of fused-ring (bicyclic) bond motifs is 1. The fourth-order valence-electron chi connectivity index (χ4n) is 2.28. The van der Waals surface area contributed by atoms with Crippen molar-refractivity contribution in [3.05, 3.63) is 59.7 Å². The Labute approximate surface area is 121 Å². The second kappa shape index (κ2) is 5.28. The number of hydrogen-bond acceptors (Lipinski definition) is 4. The first-order chi connectivity index (χ1) is 10.2. The SMILES string of the molecule is Nc1ccc2c(c1)C(=O)N(CCOc1ccccc1)C2=O. The van der Waals surface area contributed by atoms with E-state index in [1.54, 1.807) is 12.1 Å². The van der Waals surface area contributed by atoms with Crippen LogP contribution < -0.4 is 10.5 Å². The second-order valence-corrected chi connectivity index (χ2v) is 4.73. The Morgan fingerprint density at radius 2 is 1.67 bits per heavy atom. The van der Waals surface area contributed by atoms with Crippen molar-refractivity contribution in [3.63, 3.8) is 0 Å². The van der Waals surface area contributed by atoms with Gasteiger partial charge in [0.15, 0.2) is 0 Å². The Morgan fingerprint density at radius 3 is 2.43 bits per heavy atom. The number of hydrogen-bond donors (Lipinski definition) is 1. The van der Waals surface area contributed by atoms with E-state index in [1.807, 2.05) is 30.3 Å². The highest BCUT2D eigenvalue weighted by molar-refractivity contribution is 6.21. The number of anilines is 1. The molecule has 21 heavy (non-hydrogen) atoms. The largest absolute Gasteiger partial charge is 0.492 e. The number of nitrogen functional groups attached to an aromatic ring is 1. The van der Waals surface area contributed by atoms with Crippen molar-refractivity contribution in [2.45, 2.75) is 0 Å². The fourth-order valence-corrected chi connectivity index (χ4v) is 2.28. The third kappa shape index (κ3) is 2.45. The van der Waals surface area contributed by atoms with Gasteiger partial charge in [-0.25, -0.2) is 0 Å². The summed E-state index contributed by atoms with van der Waals surface area (Å²) in [5.74, 6) is 0.0870. The quantitative estimate of drug-likeness (QED) is 0.687. The molecular weight excluding hydrogens is 268 g/mol. The predicted octanol–water partition coefficient (Wildman–Crippen LogP) is 1.94. The lowest BCUT2D eigenvalue weighted by Crippen LogP contribution is -2.33. The van der Waals surface area contributed by atoms with Crippen molar-refractivity contribution in [1.29, 1.82) is 0 Å². The Hall–Kier alpha value is -2.82. The van der Waals surface area contributed by atoms with Gasteiger partial charge in [0, 0.05) is 5.69 Å². The summed E-state index contributed by atoms with van der Waals surface area (Å²) < 4.78 is 5.52. The van der Waals surface area contributed by atoms with Gasteiger partial charge in [-0.2, -0.15) is 0 Å². The van der Waals surface area contributed by atoms with Crippen LogP contribution in [0.4, 0.5) is 5.69 Å². The number of benzene rings is 2. The van der Waals surface area contributed by atoms with Crippen LogP contribution in [0.2, 0.25) is 0 Å². The number of carbonyl (C=O) groups is 2. The minimum atomic E-state index is -0.320. The number of rotatable bonds is 4. The molecule has 2 aromatic carbocycles. The second-order valence-electron chi connectivity index (χ2n) is 4.73. The first-order valence-electron chi connectivity index (χ1n) is 6.60. The summed E-state index contributed by atoms with van der Waals surface area (Å²) in [5, 5.41) is 0. The molecule has 0 fully saturated rings. The molecule has 0 atom stereocenters. The van der Waals surface area contributed by atoms with Gasteiger partial charge in [0.2, 0.25) is 0 Å². The van der Waals surface area contributed by atoms with Crippen molar-refractivity contribution in [2.75, 3.05) is 18.9 Å². The van der Waals surface area contributed by atoms with Crippen molar-refractivity contribution < 1.29 is 14.3 Å². The van der Waals surface area contributed by atoms with E-state index in [0.29, 0.717) is 22.6 Å². The highest BCUT2D eigenvalue weighted by Crippen LogP contribution is 2.24. The van der Waals surface area contributed by atoms with E-state index >= 15 is 0 Å². The number of amides is 2. The van der Waals surface area contributed by atoms with E-state index in [4.69, 9.17) is 10.5 Å². The maximum Gasteiger partial charge on any atom is 0.261 e. The Bertz CT molecular complexity index is 698. The molecule has 0 spiro atoms. The molecule has 0 radical (unpaired) electrons. The molecule has 2 amide bonds.